The molecule has 5 aliphatic rings. The molecule has 45 heavy (non-hydrogen) atoms. The number of ketones is 1. The van der Waals surface area contributed by atoms with E-state index in [1.165, 1.54) is 24.0 Å². The maximum atomic E-state index is 17.0. The van der Waals surface area contributed by atoms with Crippen molar-refractivity contribution in [3.8, 4) is 0 Å². The van der Waals surface area contributed by atoms with Gasteiger partial charge in [0.2, 0.25) is 5.91 Å². The van der Waals surface area contributed by atoms with Crippen LogP contribution >= 0.6 is 0 Å². The summed E-state index contributed by atoms with van der Waals surface area (Å²) in [5, 5.41) is 0. The summed E-state index contributed by atoms with van der Waals surface area (Å²) in [6.07, 6.45) is 12.2. The van der Waals surface area contributed by atoms with Gasteiger partial charge in [-0.05, 0) is 80.7 Å². The van der Waals surface area contributed by atoms with Gasteiger partial charge in [-0.1, -0.05) is 65.5 Å². The maximum Gasteiger partial charge on any atom is 0.218 e. The lowest BCUT2D eigenvalue weighted by Crippen LogP contribution is -2.71. The zero-order valence-corrected chi connectivity index (χ0v) is 29.5. The zero-order chi connectivity index (χ0) is 35.0. The summed E-state index contributed by atoms with van der Waals surface area (Å²) in [5.41, 5.74) is 4.64. The lowest BCUT2D eigenvalue weighted by Gasteiger charge is -2.64. The molecule has 3 fully saturated rings. The van der Waals surface area contributed by atoms with Crippen LogP contribution in [-0.2, 0) is 19.1 Å². The number of halogens is 2. The third kappa shape index (κ3) is 7.17. The van der Waals surface area contributed by atoms with Crippen LogP contribution in [0.2, 0.25) is 0 Å². The van der Waals surface area contributed by atoms with Gasteiger partial charge >= 0.3 is 0 Å². The molecule has 1 amide bonds. The van der Waals surface area contributed by atoms with Crippen molar-refractivity contribution in [3.05, 3.63) is 59.8 Å². The van der Waals surface area contributed by atoms with E-state index in [9.17, 15) is 14.4 Å². The third-order valence-electron chi connectivity index (χ3n) is 10.4. The number of nitrogens with two attached hydrogens (primary N) is 1. The largest absolute Gasteiger partial charge is 0.373 e. The highest BCUT2D eigenvalue weighted by Crippen LogP contribution is 2.70. The number of carbonyl (C=O) groups is 3. The molecule has 0 aliphatic heterocycles. The number of fused-ring (bicyclic) bond motifs is 5. The highest BCUT2D eigenvalue weighted by Gasteiger charge is 2.74. The molecule has 3 saturated carbocycles. The highest BCUT2D eigenvalue weighted by molar-refractivity contribution is 6.01. The number of alkyl halides is 2. The first-order chi connectivity index (χ1) is 21.1. The first-order valence-corrected chi connectivity index (χ1v) is 16.3. The minimum atomic E-state index is -1.80. The minimum Gasteiger partial charge on any atom is -0.373 e. The molecule has 0 aromatic carbocycles. The van der Waals surface area contributed by atoms with E-state index in [0.29, 0.717) is 6.42 Å². The Morgan fingerprint density at radius 3 is 2.16 bits per heavy atom. The molecule has 8 heteroatoms. The molecule has 0 saturated heterocycles. The number of carbonyl (C=O) groups excluding carboxylic acids is 3. The lowest BCUT2D eigenvalue weighted by atomic mass is 9.44. The van der Waals surface area contributed by atoms with Crippen LogP contribution in [0.3, 0.4) is 0 Å². The number of methoxy groups -OCH3 is 1. The van der Waals surface area contributed by atoms with Gasteiger partial charge in [0, 0.05) is 50.9 Å². The van der Waals surface area contributed by atoms with E-state index < -0.39 is 40.2 Å². The molecule has 5 aliphatic carbocycles. The van der Waals surface area contributed by atoms with Gasteiger partial charge in [-0.2, -0.15) is 0 Å². The van der Waals surface area contributed by atoms with Gasteiger partial charge < -0.3 is 15.4 Å². The Balaban J connectivity index is 0.000000491. The predicted octanol–water partition coefficient (Wildman–Crippen LogP) is 7.45. The molecule has 0 radical (unpaired) electrons. The zero-order valence-electron chi connectivity index (χ0n) is 29.5. The number of nitrogens with zero attached hydrogens (tertiary/aromatic N) is 1. The number of allylic oxidation sites excluding steroid dienone is 8. The van der Waals surface area contributed by atoms with E-state index >= 15 is 8.78 Å². The van der Waals surface area contributed by atoms with Crippen molar-refractivity contribution >= 4 is 18.0 Å². The van der Waals surface area contributed by atoms with Crippen molar-refractivity contribution in [2.75, 3.05) is 21.2 Å². The van der Waals surface area contributed by atoms with Crippen LogP contribution in [0.25, 0.3) is 0 Å². The smallest absolute Gasteiger partial charge is 0.218 e. The first kappa shape index (κ1) is 40.3. The van der Waals surface area contributed by atoms with Crippen molar-refractivity contribution < 1.29 is 27.9 Å². The van der Waals surface area contributed by atoms with E-state index in [0.717, 1.165) is 36.7 Å². The topological polar surface area (TPSA) is 89.7 Å². The Labute approximate surface area is 270 Å². The number of ether oxygens (including phenoxy) is 1. The monoisotopic (exact) mass is 632 g/mol. The average Bonchev–Trinajstić information content (AvgIpc) is 3.65. The number of rotatable bonds is 3. The summed E-state index contributed by atoms with van der Waals surface area (Å²) in [7, 11) is 5.13. The van der Waals surface area contributed by atoms with Gasteiger partial charge in [0.25, 0.3) is 0 Å². The summed E-state index contributed by atoms with van der Waals surface area (Å²) >= 11 is 0. The van der Waals surface area contributed by atoms with E-state index in [4.69, 9.17) is 10.5 Å². The van der Waals surface area contributed by atoms with E-state index in [-0.39, 0.29) is 29.6 Å². The van der Waals surface area contributed by atoms with Crippen LogP contribution in [0.5, 0.6) is 0 Å². The number of hydrogen-bond donors (Lipinski definition) is 1. The van der Waals surface area contributed by atoms with Gasteiger partial charge in [0.15, 0.2) is 5.78 Å². The van der Waals surface area contributed by atoms with Crippen LogP contribution < -0.4 is 5.73 Å². The minimum absolute atomic E-state index is 0.0585. The summed E-state index contributed by atoms with van der Waals surface area (Å²) < 4.78 is 38.4. The predicted molar refractivity (Wildman–Crippen MR) is 180 cm³/mol. The normalized spacial score (nSPS) is 36.6. The van der Waals surface area contributed by atoms with Gasteiger partial charge in [-0.3, -0.25) is 14.4 Å². The van der Waals surface area contributed by atoms with Crippen LogP contribution in [0.1, 0.15) is 87.5 Å². The molecule has 0 bridgehead atoms. The molecule has 254 valence electrons. The molecule has 5 rings (SSSR count). The maximum absolute atomic E-state index is 17.0. The second-order valence-electron chi connectivity index (χ2n) is 12.7. The molecule has 8 atom stereocenters. The van der Waals surface area contributed by atoms with Crippen molar-refractivity contribution in [1.29, 1.82) is 0 Å². The molecule has 0 aromatic rings. The van der Waals surface area contributed by atoms with Crippen LogP contribution in [0.4, 0.5) is 8.78 Å². The summed E-state index contributed by atoms with van der Waals surface area (Å²) in [5.74, 6) is -0.785. The first-order valence-electron chi connectivity index (χ1n) is 16.3. The molecule has 0 spiro atoms. The molecule has 6 nitrogen and oxygen atoms in total. The second kappa shape index (κ2) is 16.2. The molecule has 0 heterocycles. The molecule has 5 unspecified atom stereocenters. The Morgan fingerprint density at radius 2 is 1.73 bits per heavy atom. The fourth-order valence-corrected chi connectivity index (χ4v) is 8.08. The van der Waals surface area contributed by atoms with Gasteiger partial charge in [0.1, 0.15) is 18.1 Å². The van der Waals surface area contributed by atoms with Crippen molar-refractivity contribution in [1.82, 2.24) is 4.90 Å². The van der Waals surface area contributed by atoms with Crippen LogP contribution in [-0.4, -0.2) is 67.6 Å². The van der Waals surface area contributed by atoms with Crippen molar-refractivity contribution in [2.24, 2.45) is 28.4 Å². The standard InChI is InChI=1S/C23H31F2NO2.C6H6O.C4H9NO.2C2H6/c1-13(2)22(28-5)9-7-15-16-11-18(24)17-10-14(27)6-8-20(17,3)23(16,25)19(26)12-21(15,22)4;7-5-6-3-1-2-4-6;1-4(6)5(2)3;2*1-2/h6,8,10,15-16,18-19H,1,7,9,11-12,26H2,2-5H3;1-3,5H,4H2;1-3H3;2*1-2H3/t15?,16?,18-,19?,20?,21?,22-,23-;;;;/m0..../s1. The van der Waals surface area contributed by atoms with Crippen LogP contribution in [0, 0.1) is 22.7 Å². The molecule has 0 aromatic heterocycles. The van der Waals surface area contributed by atoms with Gasteiger partial charge in [-0.25, -0.2) is 8.78 Å². The Morgan fingerprint density at radius 1 is 1.16 bits per heavy atom. The Kier molecular flexibility index (Phi) is 14.5. The molecule has 2 N–H and O–H groups in total. The van der Waals surface area contributed by atoms with E-state index in [1.807, 2.05) is 52.8 Å². The molecular weight excluding hydrogens is 574 g/mol. The van der Waals surface area contributed by atoms with Gasteiger partial charge in [0.05, 0.1) is 5.60 Å². The van der Waals surface area contributed by atoms with E-state index in [2.05, 4.69) is 13.5 Å². The third-order valence-corrected chi connectivity index (χ3v) is 10.4. The van der Waals surface area contributed by atoms with Crippen LogP contribution in [0.15, 0.2) is 59.8 Å². The SMILES string of the molecule is C=C(C)[C@@]1(OC)CCC2C3C[C@H](F)C4=CC(=O)C=CC4(C)[C@@]3(F)C(N)CC21C.CC.CC.CC(=O)N(C)C.O=CC1=CC=CC1. The average molecular weight is 633 g/mol. The quantitative estimate of drug-likeness (QED) is 0.258. The number of amides is 1. The summed E-state index contributed by atoms with van der Waals surface area (Å²) in [4.78, 5) is 33.4. The Bertz CT molecular complexity index is 1210. The number of aldehydes is 1. The summed E-state index contributed by atoms with van der Waals surface area (Å²) in [6, 6.07) is -0.788. The lowest BCUT2D eigenvalue weighted by molar-refractivity contribution is -0.178. The fourth-order valence-electron chi connectivity index (χ4n) is 8.08. The fraction of sp³-hybridized carbons (Fsp3) is 0.649. The number of hydrogen-bond acceptors (Lipinski definition) is 5. The highest BCUT2D eigenvalue weighted by atomic mass is 19.1. The van der Waals surface area contributed by atoms with Crippen molar-refractivity contribution in [3.63, 3.8) is 0 Å². The van der Waals surface area contributed by atoms with Crippen molar-refractivity contribution in [2.45, 2.75) is 111 Å². The molecular formula is C37H58F2N2O4. The summed E-state index contributed by atoms with van der Waals surface area (Å²) in [6.45, 7) is 19.5. The van der Waals surface area contributed by atoms with E-state index in [1.54, 1.807) is 34.2 Å². The second-order valence-corrected chi connectivity index (χ2v) is 12.7. The van der Waals surface area contributed by atoms with Gasteiger partial charge in [-0.15, -0.1) is 0 Å². The Hall–Kier alpha value is -2.71.